The van der Waals surface area contributed by atoms with Crippen LogP contribution in [0, 0.1) is 0 Å². The highest BCUT2D eigenvalue weighted by atomic mass is 32.2. The molecule has 0 atom stereocenters. The first-order valence-electron chi connectivity index (χ1n) is 8.41. The first kappa shape index (κ1) is 19.6. The van der Waals surface area contributed by atoms with Gasteiger partial charge in [-0.05, 0) is 58.7 Å². The molecule has 1 aliphatic rings. The fraction of sp³-hybridized carbons (Fsp3) is 0.938. The molecule has 1 heterocycles. The number of ether oxygens (including phenoxy) is 1. The van der Waals surface area contributed by atoms with Crippen molar-refractivity contribution < 1.29 is 4.74 Å². The number of nitrogens with zero attached hydrogens (tertiary/aromatic N) is 2. The summed E-state index contributed by atoms with van der Waals surface area (Å²) in [4.78, 5) is 7.16. The molecule has 0 radical (unpaired) electrons. The molecule has 1 rings (SSSR count). The molecule has 5 nitrogen and oxygen atoms in total. The monoisotopic (exact) mass is 330 g/mol. The molecule has 22 heavy (non-hydrogen) atoms. The van der Waals surface area contributed by atoms with Crippen LogP contribution in [0.25, 0.3) is 0 Å². The summed E-state index contributed by atoms with van der Waals surface area (Å²) in [6.07, 6.45) is 6.71. The Morgan fingerprint density at radius 1 is 1.23 bits per heavy atom. The highest BCUT2D eigenvalue weighted by Gasteiger charge is 2.34. The summed E-state index contributed by atoms with van der Waals surface area (Å²) in [5.74, 6) is 2.18. The Hall–Kier alpha value is -0.460. The van der Waals surface area contributed by atoms with Crippen LogP contribution in [-0.2, 0) is 4.74 Å². The molecule has 6 heteroatoms. The van der Waals surface area contributed by atoms with Gasteiger partial charge in [0.2, 0.25) is 0 Å². The maximum Gasteiger partial charge on any atom is 0.191 e. The number of hydrogen-bond acceptors (Lipinski definition) is 4. The molecule has 0 aromatic heterocycles. The topological polar surface area (TPSA) is 48.9 Å². The van der Waals surface area contributed by atoms with Crippen molar-refractivity contribution in [2.45, 2.75) is 38.1 Å². The first-order valence-corrected chi connectivity index (χ1v) is 9.80. The van der Waals surface area contributed by atoms with Crippen LogP contribution in [0.2, 0.25) is 0 Å². The summed E-state index contributed by atoms with van der Waals surface area (Å²) in [6.45, 7) is 6.50. The second-order valence-corrected chi connectivity index (χ2v) is 7.04. The fourth-order valence-corrected chi connectivity index (χ4v) is 3.14. The normalized spacial score (nSPS) is 18.5. The molecule has 0 unspecified atom stereocenters. The summed E-state index contributed by atoms with van der Waals surface area (Å²) in [5.41, 5.74) is 0.138. The Morgan fingerprint density at radius 3 is 2.55 bits per heavy atom. The number of aliphatic imine (C=N–C) groups is 1. The summed E-state index contributed by atoms with van der Waals surface area (Å²) < 4.78 is 5.52. The molecule has 0 saturated carbocycles. The minimum Gasteiger partial charge on any atom is -0.381 e. The van der Waals surface area contributed by atoms with Gasteiger partial charge in [0.25, 0.3) is 0 Å². The molecule has 0 aliphatic carbocycles. The molecular weight excluding hydrogens is 296 g/mol. The van der Waals surface area contributed by atoms with E-state index in [9.17, 15) is 0 Å². The number of nitrogens with one attached hydrogen (secondary N) is 2. The fourth-order valence-electron chi connectivity index (χ4n) is 2.64. The molecule has 1 saturated heterocycles. The lowest BCUT2D eigenvalue weighted by Crippen LogP contribution is -2.51. The number of guanidine groups is 1. The smallest absolute Gasteiger partial charge is 0.191 e. The molecule has 130 valence electrons. The minimum absolute atomic E-state index is 0.138. The number of hydrogen-bond donors (Lipinski definition) is 2. The number of rotatable bonds is 9. The summed E-state index contributed by atoms with van der Waals surface area (Å²) >= 11 is 1.91. The Labute approximate surface area is 140 Å². The number of thioether (sulfide) groups is 1. The molecular formula is C16H34N4OS. The molecule has 1 aliphatic heterocycles. The van der Waals surface area contributed by atoms with E-state index in [1.807, 2.05) is 11.8 Å². The maximum atomic E-state index is 5.52. The van der Waals surface area contributed by atoms with Crippen molar-refractivity contribution in [2.75, 3.05) is 59.0 Å². The predicted octanol–water partition coefficient (Wildman–Crippen LogP) is 1.80. The Kier molecular flexibility index (Phi) is 9.91. The predicted molar refractivity (Wildman–Crippen MR) is 98.1 cm³/mol. The van der Waals surface area contributed by atoms with Gasteiger partial charge in [-0.25, -0.2) is 0 Å². The van der Waals surface area contributed by atoms with Crippen molar-refractivity contribution in [1.29, 1.82) is 0 Å². The maximum absolute atomic E-state index is 5.52. The molecule has 0 aromatic rings. The Morgan fingerprint density at radius 2 is 1.95 bits per heavy atom. The van der Waals surface area contributed by atoms with Gasteiger partial charge in [0.05, 0.1) is 6.54 Å². The molecule has 1 fully saturated rings. The van der Waals surface area contributed by atoms with Gasteiger partial charge < -0.3 is 20.3 Å². The second-order valence-electron chi connectivity index (χ2n) is 6.05. The third-order valence-corrected chi connectivity index (χ3v) is 5.01. The van der Waals surface area contributed by atoms with Crippen molar-refractivity contribution in [3.8, 4) is 0 Å². The molecule has 2 N–H and O–H groups in total. The van der Waals surface area contributed by atoms with Gasteiger partial charge >= 0.3 is 0 Å². The third kappa shape index (κ3) is 6.75. The lowest BCUT2D eigenvalue weighted by Gasteiger charge is -2.41. The quantitative estimate of drug-likeness (QED) is 0.383. The average molecular weight is 331 g/mol. The van der Waals surface area contributed by atoms with Crippen molar-refractivity contribution >= 4 is 17.7 Å². The van der Waals surface area contributed by atoms with Crippen molar-refractivity contribution in [1.82, 2.24) is 15.5 Å². The largest absolute Gasteiger partial charge is 0.381 e. The van der Waals surface area contributed by atoms with Gasteiger partial charge in [-0.1, -0.05) is 0 Å². The van der Waals surface area contributed by atoms with Crippen LogP contribution in [0.5, 0.6) is 0 Å². The summed E-state index contributed by atoms with van der Waals surface area (Å²) in [6, 6.07) is 0. The lowest BCUT2D eigenvalue weighted by atomic mass is 9.89. The van der Waals surface area contributed by atoms with Gasteiger partial charge in [-0.15, -0.1) is 0 Å². The standard InChI is InChI=1S/C16H34N4OS/c1-5-17-15(18-10-6-7-13-22-4)19-14-16(20(2)3)8-11-21-12-9-16/h5-14H2,1-4H3,(H2,17,18,19). The zero-order valence-electron chi connectivity index (χ0n) is 14.8. The van der Waals surface area contributed by atoms with Crippen LogP contribution in [0.3, 0.4) is 0 Å². The number of unbranched alkanes of at least 4 members (excludes halogenated alkanes) is 1. The van der Waals surface area contributed by atoms with Crippen molar-refractivity contribution in [3.05, 3.63) is 0 Å². The first-order chi connectivity index (χ1) is 10.6. The van der Waals surface area contributed by atoms with E-state index in [0.717, 1.165) is 51.6 Å². The molecule has 0 bridgehead atoms. The van der Waals surface area contributed by atoms with Gasteiger partial charge in [-0.3, -0.25) is 4.99 Å². The van der Waals surface area contributed by atoms with Gasteiger partial charge in [0.1, 0.15) is 0 Å². The highest BCUT2D eigenvalue weighted by molar-refractivity contribution is 7.98. The Bertz CT molecular complexity index is 317. The summed E-state index contributed by atoms with van der Waals surface area (Å²) in [7, 11) is 4.31. The van der Waals surface area contributed by atoms with Gasteiger partial charge in [-0.2, -0.15) is 11.8 Å². The summed E-state index contributed by atoms with van der Waals surface area (Å²) in [5, 5.41) is 6.81. The average Bonchev–Trinajstić information content (AvgIpc) is 2.53. The lowest BCUT2D eigenvalue weighted by molar-refractivity contribution is -0.00254. The Balaban J connectivity index is 2.51. The zero-order valence-corrected chi connectivity index (χ0v) is 15.6. The third-order valence-electron chi connectivity index (χ3n) is 4.32. The zero-order chi connectivity index (χ0) is 16.3. The van der Waals surface area contributed by atoms with Crippen LogP contribution >= 0.6 is 11.8 Å². The van der Waals surface area contributed by atoms with E-state index in [1.165, 1.54) is 18.6 Å². The van der Waals surface area contributed by atoms with E-state index < -0.39 is 0 Å². The van der Waals surface area contributed by atoms with E-state index in [2.05, 4.69) is 42.8 Å². The van der Waals surface area contributed by atoms with Gasteiger partial charge in [0, 0.05) is 31.8 Å². The van der Waals surface area contributed by atoms with Gasteiger partial charge in [0.15, 0.2) is 5.96 Å². The van der Waals surface area contributed by atoms with E-state index in [-0.39, 0.29) is 5.54 Å². The van der Waals surface area contributed by atoms with E-state index in [1.54, 1.807) is 0 Å². The minimum atomic E-state index is 0.138. The van der Waals surface area contributed by atoms with E-state index in [0.29, 0.717) is 0 Å². The molecule has 0 aromatic carbocycles. The molecule has 0 amide bonds. The van der Waals surface area contributed by atoms with Crippen LogP contribution < -0.4 is 10.6 Å². The van der Waals surface area contributed by atoms with Crippen molar-refractivity contribution in [3.63, 3.8) is 0 Å². The van der Waals surface area contributed by atoms with Crippen LogP contribution in [0.1, 0.15) is 32.6 Å². The second kappa shape index (κ2) is 11.1. The van der Waals surface area contributed by atoms with E-state index in [4.69, 9.17) is 9.73 Å². The molecule has 0 spiro atoms. The van der Waals surface area contributed by atoms with Crippen LogP contribution in [-0.4, -0.2) is 75.4 Å². The SMILES string of the molecule is CCNC(=NCC1(N(C)C)CCOCC1)NCCCCSC. The number of likely N-dealkylation sites (N-methyl/N-ethyl adjacent to an activating group) is 1. The van der Waals surface area contributed by atoms with Crippen LogP contribution in [0.15, 0.2) is 4.99 Å². The highest BCUT2D eigenvalue weighted by Crippen LogP contribution is 2.26. The van der Waals surface area contributed by atoms with E-state index >= 15 is 0 Å². The van der Waals surface area contributed by atoms with Crippen LogP contribution in [0.4, 0.5) is 0 Å². The van der Waals surface area contributed by atoms with Crippen molar-refractivity contribution in [2.24, 2.45) is 4.99 Å².